The van der Waals surface area contributed by atoms with Crippen molar-refractivity contribution in [2.45, 2.75) is 117 Å². The van der Waals surface area contributed by atoms with Crippen molar-refractivity contribution in [3.63, 3.8) is 0 Å². The second-order valence-electron chi connectivity index (χ2n) is 10.7. The van der Waals surface area contributed by atoms with Crippen LogP contribution in [0.15, 0.2) is 24.3 Å². The van der Waals surface area contributed by atoms with Crippen molar-refractivity contribution < 1.29 is 4.79 Å². The fourth-order valence-electron chi connectivity index (χ4n) is 5.35. The number of aryl methyl sites for hydroxylation is 1. The van der Waals surface area contributed by atoms with Crippen LogP contribution in [0.1, 0.15) is 115 Å². The standard InChI is InChI=1S/C31H50N4O/c1-3-4-5-6-7-8-9-10-11-12-13-14-15-16-17-22-30(36)34-23-25-35(26-24-34)31-27(2)32-28-20-18-19-21-29(28)33-31/h18-21H,3-17,22-26H2,1-2H3. The minimum atomic E-state index is 0.325. The first kappa shape index (κ1) is 28.4. The maximum atomic E-state index is 12.7. The molecule has 0 atom stereocenters. The summed E-state index contributed by atoms with van der Waals surface area (Å²) in [7, 11) is 0. The van der Waals surface area contributed by atoms with Crippen LogP contribution < -0.4 is 4.90 Å². The summed E-state index contributed by atoms with van der Waals surface area (Å²) < 4.78 is 0. The number of carbonyl (C=O) groups is 1. The highest BCUT2D eigenvalue weighted by atomic mass is 16.2. The number of piperazine rings is 1. The monoisotopic (exact) mass is 494 g/mol. The van der Waals surface area contributed by atoms with Crippen LogP contribution in [0.5, 0.6) is 0 Å². The Hall–Kier alpha value is -2.17. The third-order valence-corrected chi connectivity index (χ3v) is 7.65. The van der Waals surface area contributed by atoms with Gasteiger partial charge in [-0.15, -0.1) is 0 Å². The lowest BCUT2D eigenvalue weighted by atomic mass is 10.0. The number of hydrogen-bond acceptors (Lipinski definition) is 4. The first-order chi connectivity index (χ1) is 17.7. The molecule has 1 fully saturated rings. The van der Waals surface area contributed by atoms with Gasteiger partial charge < -0.3 is 9.80 Å². The number of aromatic nitrogens is 2. The molecule has 5 nitrogen and oxygen atoms in total. The Morgan fingerprint density at radius 2 is 1.17 bits per heavy atom. The van der Waals surface area contributed by atoms with Crippen molar-refractivity contribution in [2.75, 3.05) is 31.1 Å². The average Bonchev–Trinajstić information content (AvgIpc) is 2.90. The number of amides is 1. The number of carbonyl (C=O) groups excluding carboxylic acids is 1. The summed E-state index contributed by atoms with van der Waals surface area (Å²) >= 11 is 0. The van der Waals surface area contributed by atoms with Crippen molar-refractivity contribution in [1.82, 2.24) is 14.9 Å². The van der Waals surface area contributed by atoms with Crippen molar-refractivity contribution in [2.24, 2.45) is 0 Å². The van der Waals surface area contributed by atoms with Gasteiger partial charge in [0.25, 0.3) is 0 Å². The van der Waals surface area contributed by atoms with E-state index in [-0.39, 0.29) is 0 Å². The van der Waals surface area contributed by atoms with Crippen LogP contribution in [-0.2, 0) is 4.79 Å². The van der Waals surface area contributed by atoms with E-state index < -0.39 is 0 Å². The van der Waals surface area contributed by atoms with E-state index in [9.17, 15) is 4.79 Å². The number of para-hydroxylation sites is 2. The summed E-state index contributed by atoms with van der Waals surface area (Å²) in [4.78, 5) is 26.6. The third kappa shape index (κ3) is 9.71. The maximum absolute atomic E-state index is 12.7. The van der Waals surface area contributed by atoms with Crippen molar-refractivity contribution in [3.05, 3.63) is 30.0 Å². The number of hydrogen-bond donors (Lipinski definition) is 0. The van der Waals surface area contributed by atoms with Gasteiger partial charge in [-0.05, 0) is 25.5 Å². The molecule has 1 aliphatic heterocycles. The van der Waals surface area contributed by atoms with Gasteiger partial charge in [-0.2, -0.15) is 0 Å². The number of unbranched alkanes of at least 4 members (excludes halogenated alkanes) is 14. The second-order valence-corrected chi connectivity index (χ2v) is 10.7. The lowest BCUT2D eigenvalue weighted by Gasteiger charge is -2.36. The van der Waals surface area contributed by atoms with E-state index >= 15 is 0 Å². The predicted octanol–water partition coefficient (Wildman–Crippen LogP) is 7.85. The molecule has 0 saturated carbocycles. The molecular weight excluding hydrogens is 444 g/mol. The van der Waals surface area contributed by atoms with E-state index in [0.717, 1.165) is 55.1 Å². The van der Waals surface area contributed by atoms with E-state index in [0.29, 0.717) is 12.3 Å². The largest absolute Gasteiger partial charge is 0.352 e. The van der Waals surface area contributed by atoms with Gasteiger partial charge in [0, 0.05) is 32.6 Å². The highest BCUT2D eigenvalue weighted by Gasteiger charge is 2.23. The van der Waals surface area contributed by atoms with Crippen molar-refractivity contribution in [1.29, 1.82) is 0 Å². The van der Waals surface area contributed by atoms with Crippen LogP contribution in [-0.4, -0.2) is 47.0 Å². The fraction of sp³-hybridized carbons (Fsp3) is 0.710. The number of benzene rings is 1. The second kappa shape index (κ2) is 16.6. The highest BCUT2D eigenvalue weighted by molar-refractivity contribution is 5.77. The topological polar surface area (TPSA) is 49.3 Å². The minimum Gasteiger partial charge on any atom is -0.352 e. The summed E-state index contributed by atoms with van der Waals surface area (Å²) in [5, 5.41) is 0. The number of anilines is 1. The molecule has 1 aliphatic rings. The maximum Gasteiger partial charge on any atom is 0.222 e. The van der Waals surface area contributed by atoms with Gasteiger partial charge in [-0.1, -0.05) is 109 Å². The Bertz CT molecular complexity index is 891. The Morgan fingerprint density at radius 3 is 1.69 bits per heavy atom. The van der Waals surface area contributed by atoms with Gasteiger partial charge in [0.15, 0.2) is 5.82 Å². The summed E-state index contributed by atoms with van der Waals surface area (Å²) in [5.41, 5.74) is 2.84. The molecule has 1 saturated heterocycles. The van der Waals surface area contributed by atoms with Gasteiger partial charge in [-0.25, -0.2) is 9.97 Å². The van der Waals surface area contributed by atoms with E-state index in [2.05, 4.69) is 11.8 Å². The molecule has 0 aliphatic carbocycles. The molecule has 1 amide bonds. The molecule has 0 unspecified atom stereocenters. The van der Waals surface area contributed by atoms with Crippen LogP contribution in [0.25, 0.3) is 11.0 Å². The van der Waals surface area contributed by atoms with E-state index in [1.165, 1.54) is 89.9 Å². The SMILES string of the molecule is CCCCCCCCCCCCCCCCCC(=O)N1CCN(c2nc3ccccc3nc2C)CC1. The van der Waals surface area contributed by atoms with Gasteiger partial charge in [0.1, 0.15) is 0 Å². The number of rotatable bonds is 17. The summed E-state index contributed by atoms with van der Waals surface area (Å²) in [6.45, 7) is 7.55. The lowest BCUT2D eigenvalue weighted by molar-refractivity contribution is -0.131. The normalized spacial score (nSPS) is 14.1. The summed E-state index contributed by atoms with van der Waals surface area (Å²) in [5.74, 6) is 1.29. The molecular formula is C31H50N4O. The van der Waals surface area contributed by atoms with Crippen LogP contribution in [0, 0.1) is 6.92 Å². The molecule has 5 heteroatoms. The Morgan fingerprint density at radius 1 is 0.694 bits per heavy atom. The van der Waals surface area contributed by atoms with Gasteiger partial charge in [-0.3, -0.25) is 4.79 Å². The fourth-order valence-corrected chi connectivity index (χ4v) is 5.35. The molecule has 200 valence electrons. The molecule has 0 N–H and O–H groups in total. The van der Waals surface area contributed by atoms with Crippen molar-refractivity contribution in [3.8, 4) is 0 Å². The molecule has 1 aromatic carbocycles. The Labute approximate surface area is 220 Å². The quantitative estimate of drug-likeness (QED) is 0.210. The number of fused-ring (bicyclic) bond motifs is 1. The molecule has 0 radical (unpaired) electrons. The third-order valence-electron chi connectivity index (χ3n) is 7.65. The molecule has 1 aromatic heterocycles. The average molecular weight is 495 g/mol. The lowest BCUT2D eigenvalue weighted by Crippen LogP contribution is -2.49. The Balaban J connectivity index is 1.19. The molecule has 36 heavy (non-hydrogen) atoms. The molecule has 3 rings (SSSR count). The van der Waals surface area contributed by atoms with Crippen LogP contribution >= 0.6 is 0 Å². The zero-order valence-corrected chi connectivity index (χ0v) is 23.1. The minimum absolute atomic E-state index is 0.325. The van der Waals surface area contributed by atoms with Gasteiger partial charge in [0.2, 0.25) is 5.91 Å². The van der Waals surface area contributed by atoms with E-state index in [1.54, 1.807) is 0 Å². The highest BCUT2D eigenvalue weighted by Crippen LogP contribution is 2.22. The summed E-state index contributed by atoms with van der Waals surface area (Å²) in [6.07, 6.45) is 21.0. The summed E-state index contributed by atoms with van der Waals surface area (Å²) in [6, 6.07) is 8.03. The van der Waals surface area contributed by atoms with Crippen LogP contribution in [0.2, 0.25) is 0 Å². The van der Waals surface area contributed by atoms with E-state index in [4.69, 9.17) is 9.97 Å². The van der Waals surface area contributed by atoms with Crippen LogP contribution in [0.4, 0.5) is 5.82 Å². The first-order valence-corrected chi connectivity index (χ1v) is 14.9. The molecule has 0 spiro atoms. The molecule has 0 bridgehead atoms. The first-order valence-electron chi connectivity index (χ1n) is 14.9. The predicted molar refractivity (Wildman–Crippen MR) is 153 cm³/mol. The zero-order chi connectivity index (χ0) is 25.4. The smallest absolute Gasteiger partial charge is 0.222 e. The van der Waals surface area contributed by atoms with Crippen LogP contribution in [0.3, 0.4) is 0 Å². The molecule has 2 heterocycles. The van der Waals surface area contributed by atoms with E-state index in [1.807, 2.05) is 36.1 Å². The molecule has 2 aromatic rings. The van der Waals surface area contributed by atoms with Crippen molar-refractivity contribution >= 4 is 22.8 Å². The number of nitrogens with zero attached hydrogens (tertiary/aromatic N) is 4. The zero-order valence-electron chi connectivity index (χ0n) is 23.1. The Kier molecular flexibility index (Phi) is 13.1. The van der Waals surface area contributed by atoms with Gasteiger partial charge >= 0.3 is 0 Å². The van der Waals surface area contributed by atoms with Gasteiger partial charge in [0.05, 0.1) is 16.7 Å².